The molecule has 2 fully saturated rings. The molecule has 0 spiro atoms. The van der Waals surface area contributed by atoms with E-state index in [0.717, 1.165) is 18.6 Å². The van der Waals surface area contributed by atoms with Crippen molar-refractivity contribution in [2.45, 2.75) is 57.6 Å². The van der Waals surface area contributed by atoms with E-state index in [4.69, 9.17) is 15.2 Å². The van der Waals surface area contributed by atoms with Crippen molar-refractivity contribution < 1.29 is 19.7 Å². The molecule has 9 nitrogen and oxygen atoms in total. The quantitative estimate of drug-likeness (QED) is 0.580. The number of nitrogen functional groups attached to an aromatic ring is 1. The van der Waals surface area contributed by atoms with E-state index in [9.17, 15) is 10.2 Å². The second-order valence-electron chi connectivity index (χ2n) is 8.30. The lowest BCUT2D eigenvalue weighted by molar-refractivity contribution is -0.0289. The summed E-state index contributed by atoms with van der Waals surface area (Å²) >= 11 is 1.70. The molecule has 0 amide bonds. The molecule has 0 bridgehead atoms. The van der Waals surface area contributed by atoms with Gasteiger partial charge in [-0.2, -0.15) is 21.7 Å². The summed E-state index contributed by atoms with van der Waals surface area (Å²) < 4.78 is 13.3. The molecule has 0 unspecified atom stereocenters. The fraction of sp³-hybridized carbons (Fsp3) is 0.737. The first-order chi connectivity index (χ1) is 13.9. The SMILES string of the molecule is CC(C)CSC[C@H]1O[C@@H](n2cnc3c(N)nc(OCC4CCC4)nc32)[C@H](O)[C@@H]1O. The van der Waals surface area contributed by atoms with Gasteiger partial charge in [0, 0.05) is 5.75 Å². The summed E-state index contributed by atoms with van der Waals surface area (Å²) in [6.45, 7) is 4.85. The summed E-state index contributed by atoms with van der Waals surface area (Å²) in [7, 11) is 0. The molecular formula is C19H29N5O4S. The van der Waals surface area contributed by atoms with Crippen molar-refractivity contribution in [3.63, 3.8) is 0 Å². The van der Waals surface area contributed by atoms with Crippen LogP contribution in [0.2, 0.25) is 0 Å². The molecule has 160 valence electrons. The lowest BCUT2D eigenvalue weighted by atomic mass is 9.86. The molecule has 2 aromatic rings. The fourth-order valence-corrected chi connectivity index (χ4v) is 4.65. The van der Waals surface area contributed by atoms with Crippen molar-refractivity contribution in [1.29, 1.82) is 0 Å². The fourth-order valence-electron chi connectivity index (χ4n) is 3.54. The molecule has 2 aliphatic rings. The monoisotopic (exact) mass is 423 g/mol. The molecule has 1 saturated carbocycles. The zero-order valence-electron chi connectivity index (χ0n) is 16.8. The summed E-state index contributed by atoms with van der Waals surface area (Å²) in [5.41, 5.74) is 6.89. The number of nitrogens with two attached hydrogens (primary N) is 1. The molecular weight excluding hydrogens is 394 g/mol. The van der Waals surface area contributed by atoms with Gasteiger partial charge < -0.3 is 25.4 Å². The number of hydrogen-bond donors (Lipinski definition) is 3. The minimum atomic E-state index is -1.09. The Kier molecular flexibility index (Phi) is 6.14. The summed E-state index contributed by atoms with van der Waals surface area (Å²) in [6.07, 6.45) is 1.72. The first-order valence-electron chi connectivity index (χ1n) is 10.2. The van der Waals surface area contributed by atoms with Gasteiger partial charge in [0.25, 0.3) is 0 Å². The van der Waals surface area contributed by atoms with Crippen molar-refractivity contribution in [1.82, 2.24) is 19.5 Å². The number of hydrogen-bond acceptors (Lipinski definition) is 9. The Labute approximate surface area is 174 Å². The third-order valence-electron chi connectivity index (χ3n) is 5.45. The predicted molar refractivity (Wildman–Crippen MR) is 111 cm³/mol. The van der Waals surface area contributed by atoms with Gasteiger partial charge in [-0.3, -0.25) is 4.57 Å². The Morgan fingerprint density at radius 1 is 1.31 bits per heavy atom. The first-order valence-corrected chi connectivity index (χ1v) is 11.3. The standard InChI is InChI=1S/C19H29N5O4S/c1-10(2)7-29-8-12-14(25)15(26)18(28-12)24-9-21-13-16(20)22-19(23-17(13)24)27-6-11-4-3-5-11/h9-12,14-15,18,25-26H,3-8H2,1-2H3,(H2,20,22,23)/t12-,14-,15-,18-/m1/s1. The van der Waals surface area contributed by atoms with Crippen LogP contribution < -0.4 is 10.5 Å². The van der Waals surface area contributed by atoms with Gasteiger partial charge >= 0.3 is 6.01 Å². The van der Waals surface area contributed by atoms with Gasteiger partial charge in [-0.25, -0.2) is 4.98 Å². The largest absolute Gasteiger partial charge is 0.463 e. The van der Waals surface area contributed by atoms with Crippen LogP contribution >= 0.6 is 11.8 Å². The molecule has 0 radical (unpaired) electrons. The number of anilines is 1. The van der Waals surface area contributed by atoms with E-state index in [0.29, 0.717) is 35.4 Å². The van der Waals surface area contributed by atoms with Crippen molar-refractivity contribution in [3.05, 3.63) is 6.33 Å². The maximum absolute atomic E-state index is 10.6. The predicted octanol–water partition coefficient (Wildman–Crippen LogP) is 1.60. The Hall–Kier alpha value is -1.62. The van der Waals surface area contributed by atoms with Crippen LogP contribution in [0.5, 0.6) is 6.01 Å². The molecule has 10 heteroatoms. The molecule has 3 heterocycles. The number of aliphatic hydroxyl groups is 2. The molecule has 0 aromatic carbocycles. The third kappa shape index (κ3) is 4.30. The van der Waals surface area contributed by atoms with Crippen LogP contribution in [0.3, 0.4) is 0 Å². The number of nitrogens with zero attached hydrogens (tertiary/aromatic N) is 4. The highest BCUT2D eigenvalue weighted by Gasteiger charge is 2.44. The highest BCUT2D eigenvalue weighted by atomic mass is 32.2. The highest BCUT2D eigenvalue weighted by Crippen LogP contribution is 2.34. The van der Waals surface area contributed by atoms with Crippen molar-refractivity contribution in [2.75, 3.05) is 23.8 Å². The Morgan fingerprint density at radius 2 is 2.10 bits per heavy atom. The van der Waals surface area contributed by atoms with Gasteiger partial charge in [-0.15, -0.1) is 0 Å². The van der Waals surface area contributed by atoms with Crippen molar-refractivity contribution in [3.8, 4) is 6.01 Å². The molecule has 1 aliphatic heterocycles. The topological polar surface area (TPSA) is 129 Å². The van der Waals surface area contributed by atoms with E-state index >= 15 is 0 Å². The number of fused-ring (bicyclic) bond motifs is 1. The number of thioether (sulfide) groups is 1. The number of imidazole rings is 1. The molecule has 1 saturated heterocycles. The van der Waals surface area contributed by atoms with E-state index in [1.807, 2.05) is 0 Å². The summed E-state index contributed by atoms with van der Waals surface area (Å²) in [5.74, 6) is 2.88. The van der Waals surface area contributed by atoms with E-state index in [-0.39, 0.29) is 11.8 Å². The van der Waals surface area contributed by atoms with Crippen LogP contribution in [0.4, 0.5) is 5.82 Å². The maximum atomic E-state index is 10.6. The lowest BCUT2D eigenvalue weighted by Crippen LogP contribution is -2.32. The van der Waals surface area contributed by atoms with Crippen LogP contribution in [0, 0.1) is 11.8 Å². The third-order valence-corrected chi connectivity index (χ3v) is 6.91. The maximum Gasteiger partial charge on any atom is 0.320 e. The van der Waals surface area contributed by atoms with Crippen LogP contribution in [0.15, 0.2) is 6.33 Å². The summed E-state index contributed by atoms with van der Waals surface area (Å²) in [5, 5.41) is 21.0. The zero-order chi connectivity index (χ0) is 20.5. The number of aromatic nitrogens is 4. The Bertz CT molecular complexity index is 843. The number of aliphatic hydroxyl groups excluding tert-OH is 2. The van der Waals surface area contributed by atoms with E-state index in [1.165, 1.54) is 12.7 Å². The van der Waals surface area contributed by atoms with Crippen LogP contribution in [-0.2, 0) is 4.74 Å². The highest BCUT2D eigenvalue weighted by molar-refractivity contribution is 7.99. The first kappa shape index (κ1) is 20.6. The zero-order valence-corrected chi connectivity index (χ0v) is 17.6. The minimum Gasteiger partial charge on any atom is -0.463 e. The average Bonchev–Trinajstić information content (AvgIpc) is 3.17. The van der Waals surface area contributed by atoms with Crippen molar-refractivity contribution >= 4 is 28.7 Å². The molecule has 2 aromatic heterocycles. The molecule has 4 atom stereocenters. The van der Waals surface area contributed by atoms with Crippen LogP contribution in [0.1, 0.15) is 39.3 Å². The lowest BCUT2D eigenvalue weighted by Gasteiger charge is -2.24. The van der Waals surface area contributed by atoms with E-state index in [2.05, 4.69) is 28.8 Å². The van der Waals surface area contributed by atoms with Gasteiger partial charge in [0.2, 0.25) is 0 Å². The molecule has 4 rings (SSSR count). The van der Waals surface area contributed by atoms with E-state index < -0.39 is 24.5 Å². The molecule has 1 aliphatic carbocycles. The van der Waals surface area contributed by atoms with Gasteiger partial charge in [0.05, 0.1) is 19.0 Å². The summed E-state index contributed by atoms with van der Waals surface area (Å²) in [4.78, 5) is 12.9. The van der Waals surface area contributed by atoms with Gasteiger partial charge in [-0.05, 0) is 30.4 Å². The minimum absolute atomic E-state index is 0.195. The normalized spacial score (nSPS) is 27.6. The van der Waals surface area contributed by atoms with Crippen molar-refractivity contribution in [2.24, 2.45) is 11.8 Å². The number of ether oxygens (including phenoxy) is 2. The van der Waals surface area contributed by atoms with Gasteiger partial charge in [-0.1, -0.05) is 20.3 Å². The second kappa shape index (κ2) is 8.63. The second-order valence-corrected chi connectivity index (χ2v) is 9.38. The molecule has 4 N–H and O–H groups in total. The van der Waals surface area contributed by atoms with E-state index in [1.54, 1.807) is 16.3 Å². The molecule has 29 heavy (non-hydrogen) atoms. The number of rotatable bonds is 8. The van der Waals surface area contributed by atoms with Gasteiger partial charge in [0.15, 0.2) is 23.2 Å². The summed E-state index contributed by atoms with van der Waals surface area (Å²) in [6, 6.07) is 0.195. The van der Waals surface area contributed by atoms with Crippen LogP contribution in [-0.4, -0.2) is 66.2 Å². The Morgan fingerprint density at radius 3 is 2.79 bits per heavy atom. The Balaban J connectivity index is 1.52. The average molecular weight is 424 g/mol. The van der Waals surface area contributed by atoms with Gasteiger partial charge in [0.1, 0.15) is 12.2 Å². The van der Waals surface area contributed by atoms with Crippen LogP contribution in [0.25, 0.3) is 11.2 Å². The smallest absolute Gasteiger partial charge is 0.320 e.